The third-order valence-corrected chi connectivity index (χ3v) is 2.80. The van der Waals surface area contributed by atoms with Gasteiger partial charge in [0.05, 0.1) is 12.1 Å². The quantitative estimate of drug-likeness (QED) is 0.711. The zero-order valence-corrected chi connectivity index (χ0v) is 10.4. The van der Waals surface area contributed by atoms with Gasteiger partial charge in [-0.15, -0.1) is 6.42 Å². The normalized spacial score (nSPS) is 9.94. The van der Waals surface area contributed by atoms with Gasteiger partial charge in [0.15, 0.2) is 0 Å². The average molecular weight is 218 g/mol. The van der Waals surface area contributed by atoms with Gasteiger partial charge < -0.3 is 9.47 Å². The van der Waals surface area contributed by atoms with Gasteiger partial charge in [-0.2, -0.15) is 0 Å². The number of aryl methyl sites for hydroxylation is 1. The van der Waals surface area contributed by atoms with Crippen LogP contribution in [0.3, 0.4) is 0 Å². The molecule has 1 aromatic heterocycles. The molecule has 3 heteroatoms. The van der Waals surface area contributed by atoms with E-state index in [0.29, 0.717) is 6.54 Å². The molecular formula is C13H18N2O. The molecule has 1 aromatic rings. The van der Waals surface area contributed by atoms with Gasteiger partial charge >= 0.3 is 0 Å². The largest absolute Gasteiger partial charge is 0.349 e. The topological polar surface area (TPSA) is 25.2 Å². The van der Waals surface area contributed by atoms with Gasteiger partial charge in [0.25, 0.3) is 5.91 Å². The first kappa shape index (κ1) is 12.4. The van der Waals surface area contributed by atoms with Gasteiger partial charge in [-0.3, -0.25) is 4.79 Å². The molecule has 0 aliphatic carbocycles. The molecule has 0 atom stereocenters. The second-order valence-corrected chi connectivity index (χ2v) is 3.89. The molecule has 0 radical (unpaired) electrons. The molecule has 0 spiro atoms. The first-order valence-electron chi connectivity index (χ1n) is 5.38. The SMILES string of the molecule is C#CCN(C)C(=O)c1cc(C)n(CC)c1C. The number of aromatic nitrogens is 1. The number of rotatable bonds is 3. The van der Waals surface area contributed by atoms with Crippen molar-refractivity contribution in [2.75, 3.05) is 13.6 Å². The zero-order chi connectivity index (χ0) is 12.3. The lowest BCUT2D eigenvalue weighted by Gasteiger charge is -2.13. The van der Waals surface area contributed by atoms with Crippen molar-refractivity contribution < 1.29 is 4.79 Å². The minimum atomic E-state index is -0.00856. The molecule has 0 aromatic carbocycles. The number of hydrogen-bond donors (Lipinski definition) is 0. The number of amides is 1. The Bertz CT molecular complexity index is 438. The van der Waals surface area contributed by atoms with Crippen LogP contribution in [0.1, 0.15) is 28.7 Å². The van der Waals surface area contributed by atoms with Gasteiger partial charge in [0.2, 0.25) is 0 Å². The number of hydrogen-bond acceptors (Lipinski definition) is 1. The molecule has 0 fully saturated rings. The van der Waals surface area contributed by atoms with Crippen molar-refractivity contribution in [1.82, 2.24) is 9.47 Å². The monoisotopic (exact) mass is 218 g/mol. The highest BCUT2D eigenvalue weighted by Gasteiger charge is 2.17. The molecule has 0 N–H and O–H groups in total. The summed E-state index contributed by atoms with van der Waals surface area (Å²) in [5.41, 5.74) is 2.86. The van der Waals surface area contributed by atoms with Crippen LogP contribution < -0.4 is 0 Å². The second kappa shape index (κ2) is 4.89. The molecular weight excluding hydrogens is 200 g/mol. The molecule has 0 saturated carbocycles. The maximum Gasteiger partial charge on any atom is 0.256 e. The third kappa shape index (κ3) is 2.11. The van der Waals surface area contributed by atoms with E-state index in [1.807, 2.05) is 19.9 Å². The Balaban J connectivity index is 3.06. The van der Waals surface area contributed by atoms with Crippen LogP contribution in [0, 0.1) is 26.2 Å². The molecule has 1 heterocycles. The Morgan fingerprint density at radius 2 is 2.19 bits per heavy atom. The van der Waals surface area contributed by atoms with Crippen molar-refractivity contribution in [2.45, 2.75) is 27.3 Å². The molecule has 16 heavy (non-hydrogen) atoms. The number of carbonyl (C=O) groups is 1. The highest BCUT2D eigenvalue weighted by Crippen LogP contribution is 2.16. The Labute approximate surface area is 97.1 Å². The predicted molar refractivity (Wildman–Crippen MR) is 65.4 cm³/mol. The molecule has 0 aliphatic rings. The second-order valence-electron chi connectivity index (χ2n) is 3.89. The summed E-state index contributed by atoms with van der Waals surface area (Å²) in [7, 11) is 1.72. The minimum absolute atomic E-state index is 0.00856. The molecule has 0 aliphatic heterocycles. The van der Waals surface area contributed by atoms with Crippen LogP contribution in [-0.4, -0.2) is 29.0 Å². The van der Waals surface area contributed by atoms with Crippen LogP contribution in [0.25, 0.3) is 0 Å². The van der Waals surface area contributed by atoms with Crippen molar-refractivity contribution in [3.8, 4) is 12.3 Å². The van der Waals surface area contributed by atoms with Crippen molar-refractivity contribution in [3.63, 3.8) is 0 Å². The fourth-order valence-electron chi connectivity index (χ4n) is 1.92. The van der Waals surface area contributed by atoms with Crippen LogP contribution in [0.5, 0.6) is 0 Å². The highest BCUT2D eigenvalue weighted by atomic mass is 16.2. The van der Waals surface area contributed by atoms with E-state index in [1.165, 1.54) is 0 Å². The fourth-order valence-corrected chi connectivity index (χ4v) is 1.92. The number of nitrogens with zero attached hydrogens (tertiary/aromatic N) is 2. The van der Waals surface area contributed by atoms with E-state index < -0.39 is 0 Å². The lowest BCUT2D eigenvalue weighted by Crippen LogP contribution is -2.27. The summed E-state index contributed by atoms with van der Waals surface area (Å²) in [5, 5.41) is 0. The summed E-state index contributed by atoms with van der Waals surface area (Å²) in [6, 6.07) is 1.92. The molecule has 0 bridgehead atoms. The van der Waals surface area contributed by atoms with E-state index >= 15 is 0 Å². The summed E-state index contributed by atoms with van der Waals surface area (Å²) >= 11 is 0. The van der Waals surface area contributed by atoms with E-state index in [2.05, 4.69) is 17.4 Å². The maximum atomic E-state index is 12.1. The van der Waals surface area contributed by atoms with Crippen LogP contribution in [0.4, 0.5) is 0 Å². The third-order valence-electron chi connectivity index (χ3n) is 2.80. The first-order chi connectivity index (χ1) is 7.52. The van der Waals surface area contributed by atoms with Gasteiger partial charge in [-0.1, -0.05) is 5.92 Å². The Kier molecular flexibility index (Phi) is 3.78. The van der Waals surface area contributed by atoms with Crippen molar-refractivity contribution >= 4 is 5.91 Å². The van der Waals surface area contributed by atoms with Gasteiger partial charge in [0.1, 0.15) is 0 Å². The van der Waals surface area contributed by atoms with E-state index in [4.69, 9.17) is 6.42 Å². The molecule has 86 valence electrons. The summed E-state index contributed by atoms with van der Waals surface area (Å²) in [5.74, 6) is 2.46. The smallest absolute Gasteiger partial charge is 0.256 e. The number of terminal acetylenes is 1. The summed E-state index contributed by atoms with van der Waals surface area (Å²) in [6.07, 6.45) is 5.20. The molecule has 1 amide bonds. The van der Waals surface area contributed by atoms with Crippen LogP contribution in [0.2, 0.25) is 0 Å². The Morgan fingerprint density at radius 3 is 2.62 bits per heavy atom. The highest BCUT2D eigenvalue weighted by molar-refractivity contribution is 5.95. The Morgan fingerprint density at radius 1 is 1.56 bits per heavy atom. The fraction of sp³-hybridized carbons (Fsp3) is 0.462. The zero-order valence-electron chi connectivity index (χ0n) is 10.4. The van der Waals surface area contributed by atoms with E-state index in [9.17, 15) is 4.79 Å². The predicted octanol–water partition coefficient (Wildman–Crippen LogP) is 1.83. The lowest BCUT2D eigenvalue weighted by atomic mass is 10.2. The average Bonchev–Trinajstić information content (AvgIpc) is 2.53. The minimum Gasteiger partial charge on any atom is -0.349 e. The van der Waals surface area contributed by atoms with Gasteiger partial charge in [-0.05, 0) is 26.8 Å². The molecule has 0 saturated heterocycles. The van der Waals surface area contributed by atoms with E-state index in [-0.39, 0.29) is 5.91 Å². The van der Waals surface area contributed by atoms with Crippen LogP contribution in [-0.2, 0) is 6.54 Å². The maximum absolute atomic E-state index is 12.1. The summed E-state index contributed by atoms with van der Waals surface area (Å²) in [4.78, 5) is 13.6. The molecule has 0 unspecified atom stereocenters. The molecule has 3 nitrogen and oxygen atoms in total. The first-order valence-corrected chi connectivity index (χ1v) is 5.38. The summed E-state index contributed by atoms with van der Waals surface area (Å²) in [6.45, 7) is 7.26. The van der Waals surface area contributed by atoms with Crippen LogP contribution >= 0.6 is 0 Å². The van der Waals surface area contributed by atoms with E-state index in [0.717, 1.165) is 23.5 Å². The Hall–Kier alpha value is -1.69. The van der Waals surface area contributed by atoms with Crippen LogP contribution in [0.15, 0.2) is 6.07 Å². The van der Waals surface area contributed by atoms with Crippen molar-refractivity contribution in [3.05, 3.63) is 23.0 Å². The lowest BCUT2D eigenvalue weighted by molar-refractivity contribution is 0.0812. The van der Waals surface area contributed by atoms with Crippen molar-refractivity contribution in [1.29, 1.82) is 0 Å². The van der Waals surface area contributed by atoms with E-state index in [1.54, 1.807) is 11.9 Å². The van der Waals surface area contributed by atoms with Gasteiger partial charge in [-0.25, -0.2) is 0 Å². The standard InChI is InChI=1S/C13H18N2O/c1-6-8-14(5)13(16)12-9-10(3)15(7-2)11(12)4/h1,9H,7-8H2,2-5H3. The van der Waals surface area contributed by atoms with Crippen molar-refractivity contribution in [2.24, 2.45) is 0 Å². The van der Waals surface area contributed by atoms with Gasteiger partial charge in [0, 0.05) is 25.0 Å². The number of carbonyl (C=O) groups excluding carboxylic acids is 1. The molecule has 1 rings (SSSR count). The summed E-state index contributed by atoms with van der Waals surface area (Å²) < 4.78 is 2.12.